The van der Waals surface area contributed by atoms with Crippen LogP contribution in [0.5, 0.6) is 0 Å². The fourth-order valence-electron chi connectivity index (χ4n) is 8.76. The predicted molar refractivity (Wildman–Crippen MR) is 228 cm³/mol. The van der Waals surface area contributed by atoms with Crippen molar-refractivity contribution in [3.05, 3.63) is 182 Å². The number of hydrogen-bond donors (Lipinski definition) is 0. The lowest BCUT2D eigenvalue weighted by molar-refractivity contribution is 1.19. The summed E-state index contributed by atoms with van der Waals surface area (Å²) < 4.78 is 7.52. The fourth-order valence-corrected chi connectivity index (χ4v) is 9.90. The van der Waals surface area contributed by atoms with Crippen molar-refractivity contribution < 1.29 is 0 Å². The second-order valence-electron chi connectivity index (χ2n) is 14.2. The van der Waals surface area contributed by atoms with Crippen LogP contribution in [0.3, 0.4) is 0 Å². The van der Waals surface area contributed by atoms with E-state index >= 15 is 0 Å². The Morgan fingerprint density at radius 2 is 0.811 bits per heavy atom. The molecule has 12 aromatic rings. The number of aromatic nitrogens is 2. The van der Waals surface area contributed by atoms with Gasteiger partial charge in [0.05, 0.1) is 22.1 Å². The summed E-state index contributed by atoms with van der Waals surface area (Å²) >= 11 is 1.87. The summed E-state index contributed by atoms with van der Waals surface area (Å²) in [5.74, 6) is 0. The maximum absolute atomic E-state index is 2.44. The number of hydrogen-bond acceptors (Lipinski definition) is 1. The molecule has 2 nitrogen and oxygen atoms in total. The van der Waals surface area contributed by atoms with Gasteiger partial charge in [0, 0.05) is 53.1 Å². The molecule has 3 heterocycles. The highest BCUT2D eigenvalue weighted by atomic mass is 32.1. The van der Waals surface area contributed by atoms with Gasteiger partial charge in [-0.1, -0.05) is 109 Å². The van der Waals surface area contributed by atoms with Crippen LogP contribution in [-0.2, 0) is 0 Å². The largest absolute Gasteiger partial charge is 0.309 e. The van der Waals surface area contributed by atoms with E-state index in [-0.39, 0.29) is 0 Å². The molecule has 53 heavy (non-hydrogen) atoms. The highest BCUT2D eigenvalue weighted by molar-refractivity contribution is 7.25. The Balaban J connectivity index is 1.06. The molecule has 0 unspecified atom stereocenters. The Labute approximate surface area is 309 Å². The van der Waals surface area contributed by atoms with E-state index in [1.54, 1.807) is 0 Å². The van der Waals surface area contributed by atoms with Crippen molar-refractivity contribution in [3.8, 4) is 22.5 Å². The molecule has 0 fully saturated rings. The van der Waals surface area contributed by atoms with Gasteiger partial charge in [-0.05, 0) is 105 Å². The van der Waals surface area contributed by atoms with E-state index in [2.05, 4.69) is 191 Å². The van der Waals surface area contributed by atoms with Crippen LogP contribution < -0.4 is 0 Å². The van der Waals surface area contributed by atoms with E-state index in [0.717, 1.165) is 0 Å². The number of benzene rings is 9. The summed E-state index contributed by atoms with van der Waals surface area (Å²) in [4.78, 5) is 0. The molecule has 0 N–H and O–H groups in total. The molecule has 0 aliphatic heterocycles. The van der Waals surface area contributed by atoms with Crippen molar-refractivity contribution in [2.45, 2.75) is 0 Å². The summed E-state index contributed by atoms with van der Waals surface area (Å²) in [5, 5.41) is 12.7. The standard InChI is InChI=1S/C50H30N2S/c1-2-10-32-25-37(20-17-31(32)9-1)52-47-24-19-36(28-43(47)44-26-33-11-3-4-12-34(33)29-48(44)52)35-18-23-46-42(27-35)39-13-5-7-15-45(39)51(46)38-21-22-41-40-14-6-8-16-49(40)53-50(41)30-38/h1-30H. The molecule has 0 aliphatic carbocycles. The van der Waals surface area contributed by atoms with Gasteiger partial charge in [-0.25, -0.2) is 0 Å². The van der Waals surface area contributed by atoms with Crippen LogP contribution in [-0.4, -0.2) is 9.13 Å². The zero-order valence-electron chi connectivity index (χ0n) is 28.6. The van der Waals surface area contributed by atoms with Crippen molar-refractivity contribution in [2.75, 3.05) is 0 Å². The molecular weight excluding hydrogens is 661 g/mol. The number of para-hydroxylation sites is 1. The van der Waals surface area contributed by atoms with E-state index < -0.39 is 0 Å². The lowest BCUT2D eigenvalue weighted by atomic mass is 10.00. The highest BCUT2D eigenvalue weighted by Crippen LogP contribution is 2.41. The Bertz CT molecular complexity index is 3470. The van der Waals surface area contributed by atoms with Crippen LogP contribution in [0.2, 0.25) is 0 Å². The topological polar surface area (TPSA) is 9.86 Å². The number of nitrogens with zero attached hydrogens (tertiary/aromatic N) is 2. The van der Waals surface area contributed by atoms with Crippen LogP contribution in [0.4, 0.5) is 0 Å². The van der Waals surface area contributed by atoms with Crippen molar-refractivity contribution in [3.63, 3.8) is 0 Å². The molecule has 0 spiro atoms. The van der Waals surface area contributed by atoms with E-state index in [0.29, 0.717) is 0 Å². The molecule has 0 saturated heterocycles. The number of fused-ring (bicyclic) bond motifs is 11. The molecule has 9 aromatic carbocycles. The smallest absolute Gasteiger partial charge is 0.0547 e. The minimum absolute atomic E-state index is 1.18. The molecule has 0 atom stereocenters. The average molecular weight is 691 g/mol. The van der Waals surface area contributed by atoms with Gasteiger partial charge in [-0.15, -0.1) is 11.3 Å². The van der Waals surface area contributed by atoms with Gasteiger partial charge in [-0.2, -0.15) is 0 Å². The van der Waals surface area contributed by atoms with Gasteiger partial charge in [0.2, 0.25) is 0 Å². The minimum atomic E-state index is 1.18. The summed E-state index contributed by atoms with van der Waals surface area (Å²) in [6.45, 7) is 0. The maximum Gasteiger partial charge on any atom is 0.0547 e. The van der Waals surface area contributed by atoms with E-state index in [1.165, 1.54) is 108 Å². The molecule has 12 rings (SSSR count). The Hall–Kier alpha value is -6.68. The number of rotatable bonds is 3. The third-order valence-electron chi connectivity index (χ3n) is 11.3. The summed E-state index contributed by atoms with van der Waals surface area (Å²) in [6.07, 6.45) is 0. The quantitative estimate of drug-likeness (QED) is 0.175. The van der Waals surface area contributed by atoms with Gasteiger partial charge in [0.15, 0.2) is 0 Å². The van der Waals surface area contributed by atoms with Crippen LogP contribution >= 0.6 is 11.3 Å². The van der Waals surface area contributed by atoms with Crippen molar-refractivity contribution in [1.82, 2.24) is 9.13 Å². The van der Waals surface area contributed by atoms with Crippen molar-refractivity contribution in [1.29, 1.82) is 0 Å². The first kappa shape index (κ1) is 29.0. The monoisotopic (exact) mass is 690 g/mol. The molecule has 0 bridgehead atoms. The first-order chi connectivity index (χ1) is 26.2. The normalized spacial score (nSPS) is 12.2. The summed E-state index contributed by atoms with van der Waals surface area (Å²) in [7, 11) is 0. The Morgan fingerprint density at radius 1 is 0.283 bits per heavy atom. The van der Waals surface area contributed by atoms with Crippen molar-refractivity contribution in [2.24, 2.45) is 0 Å². The number of thiophene rings is 1. The third kappa shape index (κ3) is 4.26. The van der Waals surface area contributed by atoms with Gasteiger partial charge in [-0.3, -0.25) is 0 Å². The minimum Gasteiger partial charge on any atom is -0.309 e. The zero-order valence-corrected chi connectivity index (χ0v) is 29.4. The first-order valence-electron chi connectivity index (χ1n) is 18.2. The van der Waals surface area contributed by atoms with Crippen LogP contribution in [0.15, 0.2) is 182 Å². The van der Waals surface area contributed by atoms with Crippen LogP contribution in [0.25, 0.3) is 108 Å². The molecule has 0 saturated carbocycles. The molecular formula is C50H30N2S. The molecule has 246 valence electrons. The summed E-state index contributed by atoms with van der Waals surface area (Å²) in [6, 6.07) is 67.4. The lowest BCUT2D eigenvalue weighted by Crippen LogP contribution is -1.94. The fraction of sp³-hybridized carbons (Fsp3) is 0. The predicted octanol–water partition coefficient (Wildman–Crippen LogP) is 14.2. The Morgan fingerprint density at radius 3 is 1.60 bits per heavy atom. The molecule has 3 aromatic heterocycles. The second kappa shape index (κ2) is 10.9. The van der Waals surface area contributed by atoms with Crippen LogP contribution in [0.1, 0.15) is 0 Å². The first-order valence-corrected chi connectivity index (χ1v) is 19.0. The van der Waals surface area contributed by atoms with Gasteiger partial charge >= 0.3 is 0 Å². The molecule has 0 amide bonds. The van der Waals surface area contributed by atoms with E-state index in [4.69, 9.17) is 0 Å². The summed E-state index contributed by atoms with van der Waals surface area (Å²) in [5.41, 5.74) is 9.68. The lowest BCUT2D eigenvalue weighted by Gasteiger charge is -2.10. The van der Waals surface area contributed by atoms with Gasteiger partial charge < -0.3 is 9.13 Å². The molecule has 0 aliphatic rings. The molecule has 3 heteroatoms. The van der Waals surface area contributed by atoms with Crippen LogP contribution in [0, 0.1) is 0 Å². The van der Waals surface area contributed by atoms with E-state index in [1.807, 2.05) is 11.3 Å². The van der Waals surface area contributed by atoms with E-state index in [9.17, 15) is 0 Å². The third-order valence-corrected chi connectivity index (χ3v) is 12.4. The zero-order chi connectivity index (χ0) is 34.6. The van der Waals surface area contributed by atoms with Gasteiger partial charge in [0.1, 0.15) is 0 Å². The average Bonchev–Trinajstić information content (AvgIpc) is 3.86. The highest BCUT2D eigenvalue weighted by Gasteiger charge is 2.18. The SMILES string of the molecule is c1ccc2cc(-n3c4ccc(-c5ccc6c(c5)c5ccccc5n6-c5ccc6c(c5)sc5ccccc56)cc4c4cc5ccccc5cc43)ccc2c1. The second-order valence-corrected chi connectivity index (χ2v) is 15.3. The molecule has 0 radical (unpaired) electrons. The maximum atomic E-state index is 2.44. The Kier molecular flexibility index (Phi) is 5.96. The van der Waals surface area contributed by atoms with Crippen molar-refractivity contribution >= 4 is 96.7 Å². The van der Waals surface area contributed by atoms with Gasteiger partial charge in [0.25, 0.3) is 0 Å².